The molecule has 0 atom stereocenters. The molecule has 0 saturated heterocycles. The average Bonchev–Trinajstić information content (AvgIpc) is 2.41. The highest BCUT2D eigenvalue weighted by atomic mass is 16.6. The maximum Gasteiger partial charge on any atom is 0.407 e. The van der Waals surface area contributed by atoms with E-state index in [0.717, 1.165) is 25.8 Å². The molecule has 0 saturated carbocycles. The summed E-state index contributed by atoms with van der Waals surface area (Å²) in [6.45, 7) is 8.69. The predicted molar refractivity (Wildman–Crippen MR) is 87.7 cm³/mol. The number of amides is 2. The molecule has 0 aliphatic heterocycles. The largest absolute Gasteiger partial charge is 0.444 e. The van der Waals surface area contributed by atoms with Crippen LogP contribution >= 0.6 is 0 Å². The Bertz CT molecular complexity index is 411. The van der Waals surface area contributed by atoms with Gasteiger partial charge in [0.2, 0.25) is 5.91 Å². The van der Waals surface area contributed by atoms with Gasteiger partial charge in [-0.1, -0.05) is 11.6 Å². The van der Waals surface area contributed by atoms with E-state index in [4.69, 9.17) is 4.74 Å². The van der Waals surface area contributed by atoms with Crippen molar-refractivity contribution < 1.29 is 14.3 Å². The van der Waals surface area contributed by atoms with E-state index >= 15 is 0 Å². The van der Waals surface area contributed by atoms with Crippen LogP contribution in [0.4, 0.5) is 4.79 Å². The van der Waals surface area contributed by atoms with Gasteiger partial charge < -0.3 is 15.0 Å². The smallest absolute Gasteiger partial charge is 0.407 e. The van der Waals surface area contributed by atoms with Gasteiger partial charge in [0.05, 0.1) is 0 Å². The van der Waals surface area contributed by atoms with Crippen molar-refractivity contribution in [3.63, 3.8) is 0 Å². The minimum atomic E-state index is -0.502. The van der Waals surface area contributed by atoms with Gasteiger partial charge in [-0.25, -0.2) is 4.79 Å². The first kappa shape index (κ1) is 18.5. The van der Waals surface area contributed by atoms with E-state index in [9.17, 15) is 9.59 Å². The van der Waals surface area contributed by atoms with Crippen molar-refractivity contribution in [1.29, 1.82) is 0 Å². The van der Waals surface area contributed by atoms with Gasteiger partial charge in [-0.05, 0) is 52.9 Å². The molecule has 1 aliphatic carbocycles. The van der Waals surface area contributed by atoms with Crippen LogP contribution in [0, 0.1) is 0 Å². The predicted octanol–water partition coefficient (Wildman–Crippen LogP) is 3.25. The molecular weight excluding hydrogens is 280 g/mol. The number of alkyl carbamates (subject to hydrolysis) is 1. The number of rotatable bonds is 6. The van der Waals surface area contributed by atoms with Crippen molar-refractivity contribution in [3.8, 4) is 0 Å². The van der Waals surface area contributed by atoms with Crippen LogP contribution in [0.2, 0.25) is 0 Å². The fourth-order valence-electron chi connectivity index (χ4n) is 2.44. The van der Waals surface area contributed by atoms with E-state index in [1.807, 2.05) is 20.8 Å². The number of allylic oxidation sites excluding steroid dienone is 1. The van der Waals surface area contributed by atoms with Gasteiger partial charge in [-0.3, -0.25) is 4.79 Å². The molecule has 0 fully saturated rings. The Morgan fingerprint density at radius 2 is 2.00 bits per heavy atom. The molecule has 5 nitrogen and oxygen atoms in total. The summed E-state index contributed by atoms with van der Waals surface area (Å²) in [4.78, 5) is 25.0. The molecule has 0 spiro atoms. The average molecular weight is 310 g/mol. The van der Waals surface area contributed by atoms with Gasteiger partial charge in [0.25, 0.3) is 0 Å². The zero-order valence-electron chi connectivity index (χ0n) is 14.4. The van der Waals surface area contributed by atoms with Gasteiger partial charge in [0, 0.05) is 26.6 Å². The minimum absolute atomic E-state index is 0.0439. The summed E-state index contributed by atoms with van der Waals surface area (Å²) in [5.41, 5.74) is 0.954. The Balaban J connectivity index is 2.30. The lowest BCUT2D eigenvalue weighted by Gasteiger charge is -2.24. The first-order chi connectivity index (χ1) is 10.3. The van der Waals surface area contributed by atoms with E-state index in [0.29, 0.717) is 13.1 Å². The monoisotopic (exact) mass is 310 g/mol. The summed E-state index contributed by atoms with van der Waals surface area (Å²) in [6.07, 6.45) is 7.65. The van der Waals surface area contributed by atoms with Crippen LogP contribution in [-0.2, 0) is 9.53 Å². The lowest BCUT2D eigenvalue weighted by Crippen LogP contribution is -2.40. The number of hydrogen-bond acceptors (Lipinski definition) is 3. The lowest BCUT2D eigenvalue weighted by atomic mass is 9.97. The summed E-state index contributed by atoms with van der Waals surface area (Å²) < 4.78 is 5.17. The maximum atomic E-state index is 11.7. The quantitative estimate of drug-likeness (QED) is 0.766. The Morgan fingerprint density at radius 3 is 2.55 bits per heavy atom. The molecule has 0 unspecified atom stereocenters. The van der Waals surface area contributed by atoms with Crippen LogP contribution in [0.5, 0.6) is 0 Å². The fraction of sp³-hybridized carbons (Fsp3) is 0.765. The summed E-state index contributed by atoms with van der Waals surface area (Å²) in [5.74, 6) is 0.0439. The molecule has 2 amide bonds. The van der Waals surface area contributed by atoms with E-state index < -0.39 is 11.7 Å². The second-order valence-corrected chi connectivity index (χ2v) is 6.79. The van der Waals surface area contributed by atoms with Crippen LogP contribution < -0.4 is 5.32 Å². The van der Waals surface area contributed by atoms with Gasteiger partial charge in [0.15, 0.2) is 0 Å². The van der Waals surface area contributed by atoms with Crippen molar-refractivity contribution >= 4 is 12.0 Å². The van der Waals surface area contributed by atoms with Gasteiger partial charge in [-0.2, -0.15) is 0 Å². The molecule has 0 aromatic rings. The summed E-state index contributed by atoms with van der Waals surface area (Å²) >= 11 is 0. The zero-order valence-corrected chi connectivity index (χ0v) is 14.4. The van der Waals surface area contributed by atoms with Crippen molar-refractivity contribution in [1.82, 2.24) is 10.2 Å². The van der Waals surface area contributed by atoms with Crippen molar-refractivity contribution in [2.24, 2.45) is 0 Å². The molecule has 1 N–H and O–H groups in total. The topological polar surface area (TPSA) is 58.6 Å². The first-order valence-electron chi connectivity index (χ1n) is 8.18. The van der Waals surface area contributed by atoms with E-state index in [1.54, 1.807) is 11.8 Å². The van der Waals surface area contributed by atoms with E-state index in [2.05, 4.69) is 11.4 Å². The molecule has 0 bridgehead atoms. The zero-order chi connectivity index (χ0) is 16.6. The normalized spacial score (nSPS) is 15.0. The van der Waals surface area contributed by atoms with Gasteiger partial charge in [0.1, 0.15) is 5.60 Å². The number of hydrogen-bond donors (Lipinski definition) is 1. The van der Waals surface area contributed by atoms with Crippen molar-refractivity contribution in [3.05, 3.63) is 11.6 Å². The van der Waals surface area contributed by atoms with Crippen LogP contribution in [0.1, 0.15) is 59.8 Å². The van der Waals surface area contributed by atoms with Crippen molar-refractivity contribution in [2.75, 3.05) is 19.6 Å². The number of ether oxygens (including phenoxy) is 1. The molecule has 0 radical (unpaired) electrons. The summed E-state index contributed by atoms with van der Waals surface area (Å²) in [5, 5.41) is 2.69. The highest BCUT2D eigenvalue weighted by molar-refractivity contribution is 5.73. The van der Waals surface area contributed by atoms with Crippen LogP contribution in [0.3, 0.4) is 0 Å². The summed E-state index contributed by atoms with van der Waals surface area (Å²) in [7, 11) is 0. The van der Waals surface area contributed by atoms with Crippen LogP contribution in [0.15, 0.2) is 11.6 Å². The second-order valence-electron chi connectivity index (χ2n) is 6.79. The van der Waals surface area contributed by atoms with Crippen LogP contribution in [-0.4, -0.2) is 42.1 Å². The molecular formula is C17H30N2O3. The number of nitrogens with one attached hydrogen (secondary N) is 1. The SMILES string of the molecule is CC(=O)N(CCNC(=O)OC(C)(C)C)CCC1=CCCCC1. The van der Waals surface area contributed by atoms with Gasteiger partial charge >= 0.3 is 6.09 Å². The maximum absolute atomic E-state index is 11.7. The van der Waals surface area contributed by atoms with Crippen molar-refractivity contribution in [2.45, 2.75) is 65.4 Å². The molecule has 22 heavy (non-hydrogen) atoms. The highest BCUT2D eigenvalue weighted by Gasteiger charge is 2.16. The van der Waals surface area contributed by atoms with E-state index in [1.165, 1.54) is 18.4 Å². The number of nitrogens with zero attached hydrogens (tertiary/aromatic N) is 1. The third-order valence-electron chi connectivity index (χ3n) is 3.58. The van der Waals surface area contributed by atoms with Crippen LogP contribution in [0.25, 0.3) is 0 Å². The molecule has 0 aromatic heterocycles. The Kier molecular flexibility index (Phi) is 7.42. The summed E-state index contributed by atoms with van der Waals surface area (Å²) in [6, 6.07) is 0. The molecule has 1 rings (SSSR count). The molecule has 5 heteroatoms. The Labute approximate surface area is 134 Å². The molecule has 0 aromatic carbocycles. The fourth-order valence-corrected chi connectivity index (χ4v) is 2.44. The Morgan fingerprint density at radius 1 is 1.27 bits per heavy atom. The third-order valence-corrected chi connectivity index (χ3v) is 3.58. The lowest BCUT2D eigenvalue weighted by molar-refractivity contribution is -0.128. The molecule has 1 aliphatic rings. The Hall–Kier alpha value is -1.52. The van der Waals surface area contributed by atoms with E-state index in [-0.39, 0.29) is 5.91 Å². The molecule has 0 heterocycles. The molecule has 126 valence electrons. The second kappa shape index (κ2) is 8.81. The standard InChI is InChI=1S/C17H30N2O3/c1-14(20)19(12-10-15-8-6-5-7-9-15)13-11-18-16(21)22-17(2,3)4/h8H,5-7,9-13H2,1-4H3,(H,18,21). The number of carbonyl (C=O) groups is 2. The van der Waals surface area contributed by atoms with Gasteiger partial charge in [-0.15, -0.1) is 0 Å². The minimum Gasteiger partial charge on any atom is -0.444 e. The highest BCUT2D eigenvalue weighted by Crippen LogP contribution is 2.20. The number of carbonyl (C=O) groups excluding carboxylic acids is 2. The first-order valence-corrected chi connectivity index (χ1v) is 8.18. The third kappa shape index (κ3) is 8.05.